The van der Waals surface area contributed by atoms with Crippen LogP contribution in [0, 0.1) is 11.3 Å². The Morgan fingerprint density at radius 3 is 2.42 bits per heavy atom. The average molecular weight is 267 g/mol. The van der Waals surface area contributed by atoms with E-state index in [4.69, 9.17) is 10.9 Å². The second kappa shape index (κ2) is 5.80. The molecule has 0 bridgehead atoms. The molecule has 2 rings (SSSR count). The van der Waals surface area contributed by atoms with E-state index in [9.17, 15) is 4.79 Å². The lowest BCUT2D eigenvalue weighted by atomic mass is 9.71. The topological polar surface area (TPSA) is 87.7 Å². The van der Waals surface area contributed by atoms with Gasteiger partial charge in [-0.1, -0.05) is 30.8 Å². The molecule has 0 spiro atoms. The lowest BCUT2D eigenvalue weighted by Gasteiger charge is -2.38. The Balaban J connectivity index is 2.06. The first kappa shape index (κ1) is 14.2. The lowest BCUT2D eigenvalue weighted by molar-refractivity contribution is -0.130. The summed E-state index contributed by atoms with van der Waals surface area (Å²) in [5.41, 5.74) is 5.03. The van der Waals surface area contributed by atoms with Crippen LogP contribution in [0.15, 0.2) is 5.16 Å². The van der Waals surface area contributed by atoms with Gasteiger partial charge in [-0.3, -0.25) is 4.79 Å². The maximum absolute atomic E-state index is 12.6. The smallest absolute Gasteiger partial charge is 0.234 e. The highest BCUT2D eigenvalue weighted by atomic mass is 16.4. The maximum Gasteiger partial charge on any atom is 0.234 e. The number of nitrogens with one attached hydrogen (secondary N) is 1. The first-order chi connectivity index (χ1) is 9.10. The molecule has 0 aromatic rings. The minimum atomic E-state index is -0.787. The zero-order chi connectivity index (χ0) is 13.9. The second-order valence-corrected chi connectivity index (χ2v) is 6.08. The number of rotatable bonds is 4. The number of carbonyl (C=O) groups is 1. The van der Waals surface area contributed by atoms with Crippen molar-refractivity contribution >= 4 is 11.7 Å². The predicted molar refractivity (Wildman–Crippen MR) is 73.9 cm³/mol. The van der Waals surface area contributed by atoms with Gasteiger partial charge < -0.3 is 16.3 Å². The monoisotopic (exact) mass is 267 g/mol. The van der Waals surface area contributed by atoms with Gasteiger partial charge >= 0.3 is 0 Å². The molecule has 1 unspecified atom stereocenters. The van der Waals surface area contributed by atoms with Crippen molar-refractivity contribution in [1.29, 1.82) is 0 Å². The largest absolute Gasteiger partial charge is 0.409 e. The first-order valence-electron chi connectivity index (χ1n) is 7.39. The highest BCUT2D eigenvalue weighted by Gasteiger charge is 2.44. The summed E-state index contributed by atoms with van der Waals surface area (Å²) in [6, 6.07) is 0.187. The first-order valence-corrected chi connectivity index (χ1v) is 7.39. The number of nitrogens with two attached hydrogens (primary N) is 1. The van der Waals surface area contributed by atoms with Crippen LogP contribution in [-0.4, -0.2) is 23.0 Å². The molecule has 19 heavy (non-hydrogen) atoms. The zero-order valence-electron chi connectivity index (χ0n) is 11.7. The number of hydrogen-bond donors (Lipinski definition) is 3. The summed E-state index contributed by atoms with van der Waals surface area (Å²) in [7, 11) is 0. The number of hydrogen-bond acceptors (Lipinski definition) is 3. The molecular formula is C14H25N3O2. The molecule has 0 saturated heterocycles. The van der Waals surface area contributed by atoms with E-state index in [1.165, 1.54) is 19.3 Å². The van der Waals surface area contributed by atoms with Crippen LogP contribution in [-0.2, 0) is 4.79 Å². The molecule has 0 heterocycles. The van der Waals surface area contributed by atoms with Crippen molar-refractivity contribution in [3.63, 3.8) is 0 Å². The molecule has 108 valence electrons. The summed E-state index contributed by atoms with van der Waals surface area (Å²) in [5, 5.41) is 15.2. The fourth-order valence-electron chi connectivity index (χ4n) is 3.25. The van der Waals surface area contributed by atoms with Crippen molar-refractivity contribution in [2.45, 2.75) is 64.3 Å². The number of nitrogens with zero attached hydrogens (tertiary/aromatic N) is 1. The molecule has 0 aromatic heterocycles. The van der Waals surface area contributed by atoms with Gasteiger partial charge in [0.2, 0.25) is 5.91 Å². The molecule has 5 heteroatoms. The molecule has 2 saturated carbocycles. The third kappa shape index (κ3) is 2.69. The molecule has 0 aromatic carbocycles. The van der Waals surface area contributed by atoms with E-state index < -0.39 is 5.41 Å². The Kier molecular flexibility index (Phi) is 4.32. The van der Waals surface area contributed by atoms with Crippen LogP contribution in [0.25, 0.3) is 0 Å². The molecule has 1 atom stereocenters. The van der Waals surface area contributed by atoms with Gasteiger partial charge in [0.05, 0.1) is 0 Å². The van der Waals surface area contributed by atoms with E-state index in [2.05, 4.69) is 17.4 Å². The summed E-state index contributed by atoms with van der Waals surface area (Å²) in [6.07, 6.45) is 8.05. The van der Waals surface area contributed by atoms with E-state index in [-0.39, 0.29) is 17.8 Å². The molecule has 0 radical (unpaired) electrons. The van der Waals surface area contributed by atoms with Crippen molar-refractivity contribution in [2.24, 2.45) is 22.2 Å². The Labute approximate surface area is 114 Å². The normalized spacial score (nSPS) is 25.4. The summed E-state index contributed by atoms with van der Waals surface area (Å²) < 4.78 is 0. The SMILES string of the molecule is CC(NC(=O)C1(C(N)=NO)CCCCC1)C1CCC1. The molecule has 2 aliphatic rings. The average Bonchev–Trinajstić information content (AvgIpc) is 2.36. The lowest BCUT2D eigenvalue weighted by Crippen LogP contribution is -2.54. The molecular weight excluding hydrogens is 242 g/mol. The minimum Gasteiger partial charge on any atom is -0.409 e. The van der Waals surface area contributed by atoms with Gasteiger partial charge in [0.25, 0.3) is 0 Å². The van der Waals surface area contributed by atoms with Crippen molar-refractivity contribution in [3.05, 3.63) is 0 Å². The third-order valence-electron chi connectivity index (χ3n) is 4.96. The number of amidine groups is 1. The quantitative estimate of drug-likeness (QED) is 0.315. The molecule has 2 fully saturated rings. The summed E-state index contributed by atoms with van der Waals surface area (Å²) >= 11 is 0. The Hall–Kier alpha value is -1.26. The van der Waals surface area contributed by atoms with Gasteiger partial charge in [-0.05, 0) is 38.5 Å². The predicted octanol–water partition coefficient (Wildman–Crippen LogP) is 1.99. The van der Waals surface area contributed by atoms with E-state index in [1.807, 2.05) is 0 Å². The van der Waals surface area contributed by atoms with Crippen LogP contribution in [0.4, 0.5) is 0 Å². The minimum absolute atomic E-state index is 0.0538. The molecule has 0 aliphatic heterocycles. The second-order valence-electron chi connectivity index (χ2n) is 6.08. The number of amides is 1. The van der Waals surface area contributed by atoms with Gasteiger partial charge in [-0.2, -0.15) is 0 Å². The van der Waals surface area contributed by atoms with Crippen molar-refractivity contribution in [3.8, 4) is 0 Å². The summed E-state index contributed by atoms with van der Waals surface area (Å²) in [4.78, 5) is 12.6. The Morgan fingerprint density at radius 1 is 1.32 bits per heavy atom. The van der Waals surface area contributed by atoms with Gasteiger partial charge in [0, 0.05) is 6.04 Å². The third-order valence-corrected chi connectivity index (χ3v) is 4.96. The van der Waals surface area contributed by atoms with Gasteiger partial charge in [-0.25, -0.2) is 0 Å². The summed E-state index contributed by atoms with van der Waals surface area (Å²) in [5.74, 6) is 0.615. The van der Waals surface area contributed by atoms with E-state index in [0.29, 0.717) is 18.8 Å². The Bertz CT molecular complexity index is 358. The van der Waals surface area contributed by atoms with Crippen LogP contribution in [0.3, 0.4) is 0 Å². The standard InChI is InChI=1S/C14H25N3O2/c1-10(11-6-5-7-11)16-13(18)14(12(15)17-19)8-3-2-4-9-14/h10-11,19H,2-9H2,1H3,(H2,15,17)(H,16,18). The van der Waals surface area contributed by atoms with Gasteiger partial charge in [-0.15, -0.1) is 0 Å². The van der Waals surface area contributed by atoms with Crippen molar-refractivity contribution < 1.29 is 10.0 Å². The van der Waals surface area contributed by atoms with Crippen LogP contribution >= 0.6 is 0 Å². The van der Waals surface area contributed by atoms with Crippen LogP contribution in [0.1, 0.15) is 58.3 Å². The van der Waals surface area contributed by atoms with Crippen LogP contribution in [0.2, 0.25) is 0 Å². The van der Waals surface area contributed by atoms with Crippen molar-refractivity contribution in [1.82, 2.24) is 5.32 Å². The molecule has 1 amide bonds. The fraction of sp³-hybridized carbons (Fsp3) is 0.857. The van der Waals surface area contributed by atoms with Gasteiger partial charge in [0.15, 0.2) is 5.84 Å². The highest BCUT2D eigenvalue weighted by molar-refractivity contribution is 6.06. The highest BCUT2D eigenvalue weighted by Crippen LogP contribution is 2.37. The van der Waals surface area contributed by atoms with E-state index in [0.717, 1.165) is 19.3 Å². The number of carbonyl (C=O) groups excluding carboxylic acids is 1. The molecule has 5 nitrogen and oxygen atoms in total. The van der Waals surface area contributed by atoms with E-state index >= 15 is 0 Å². The van der Waals surface area contributed by atoms with Crippen molar-refractivity contribution in [2.75, 3.05) is 0 Å². The van der Waals surface area contributed by atoms with Crippen LogP contribution in [0.5, 0.6) is 0 Å². The molecule has 2 aliphatic carbocycles. The summed E-state index contributed by atoms with van der Waals surface area (Å²) in [6.45, 7) is 2.06. The van der Waals surface area contributed by atoms with E-state index in [1.54, 1.807) is 0 Å². The van der Waals surface area contributed by atoms with Gasteiger partial charge in [0.1, 0.15) is 5.41 Å². The number of oxime groups is 1. The fourth-order valence-corrected chi connectivity index (χ4v) is 3.25. The maximum atomic E-state index is 12.6. The van der Waals surface area contributed by atoms with Crippen LogP contribution < -0.4 is 11.1 Å². The molecule has 4 N–H and O–H groups in total. The zero-order valence-corrected chi connectivity index (χ0v) is 11.7. The Morgan fingerprint density at radius 2 is 1.95 bits per heavy atom.